The van der Waals surface area contributed by atoms with Crippen molar-refractivity contribution in [2.45, 2.75) is 9.92 Å². The second kappa shape index (κ2) is 10.5. The van der Waals surface area contributed by atoms with E-state index in [0.717, 1.165) is 54.4 Å². The number of fused-ring (bicyclic) bond motifs is 4. The molecule has 0 radical (unpaired) electrons. The maximum Gasteiger partial charge on any atom is 0.141 e. The molecule has 3 aromatic heterocycles. The molecule has 0 saturated carbocycles. The van der Waals surface area contributed by atoms with Crippen LogP contribution in [0.1, 0.15) is 0 Å². The van der Waals surface area contributed by atoms with Crippen molar-refractivity contribution in [1.82, 2.24) is 14.5 Å². The van der Waals surface area contributed by atoms with Gasteiger partial charge in [0, 0.05) is 27.3 Å². The Kier molecular flexibility index (Phi) is 6.16. The average molecular weight is 572 g/mol. The number of pyridine rings is 2. The number of rotatable bonds is 5. The molecule has 0 aliphatic carbocycles. The third-order valence-corrected chi connectivity index (χ3v) is 8.77. The van der Waals surface area contributed by atoms with Crippen LogP contribution < -0.4 is 0 Å². The predicted octanol–water partition coefficient (Wildman–Crippen LogP) is 9.92. The van der Waals surface area contributed by atoms with Gasteiger partial charge in [-0.25, -0.2) is 9.97 Å². The Labute approximate surface area is 252 Å². The first-order valence-electron chi connectivity index (χ1n) is 14.1. The van der Waals surface area contributed by atoms with Gasteiger partial charge in [0.25, 0.3) is 0 Å². The van der Waals surface area contributed by atoms with Crippen LogP contribution in [0.5, 0.6) is 5.75 Å². The number of aromatic nitrogens is 3. The first-order valence-corrected chi connectivity index (χ1v) is 15.0. The van der Waals surface area contributed by atoms with Crippen molar-refractivity contribution in [3.63, 3.8) is 0 Å². The van der Waals surface area contributed by atoms with Crippen LogP contribution in [0.4, 0.5) is 0 Å². The molecule has 0 bridgehead atoms. The van der Waals surface area contributed by atoms with Gasteiger partial charge in [-0.05, 0) is 76.9 Å². The van der Waals surface area contributed by atoms with Crippen molar-refractivity contribution in [1.29, 1.82) is 0 Å². The van der Waals surface area contributed by atoms with Crippen LogP contribution in [0.3, 0.4) is 0 Å². The van der Waals surface area contributed by atoms with Crippen LogP contribution in [-0.4, -0.2) is 19.6 Å². The first-order chi connectivity index (χ1) is 21.2. The Morgan fingerprint density at radius 3 is 2.12 bits per heavy atom. The molecule has 1 N–H and O–H groups in total. The molecule has 4 nitrogen and oxygen atoms in total. The summed E-state index contributed by atoms with van der Waals surface area (Å²) in [5, 5.41) is 14.8. The zero-order valence-corrected chi connectivity index (χ0v) is 23.9. The van der Waals surface area contributed by atoms with Crippen LogP contribution in [0.2, 0.25) is 0 Å². The Bertz CT molecular complexity index is 2280. The lowest BCUT2D eigenvalue weighted by atomic mass is 10.0. The van der Waals surface area contributed by atoms with E-state index in [2.05, 4.69) is 102 Å². The standard InChI is InChI=1S/C38H25N3OS/c42-35-19-17-29(26-11-5-2-6-12-26)32-18-20-37(40-38(32)35)43-28-15-16-31-30-13-7-8-14-33(30)41(34(31)24-28)36-23-27(21-22-39-36)25-9-3-1-4-10-25/h1-24,42H. The summed E-state index contributed by atoms with van der Waals surface area (Å²) in [5.41, 5.74) is 7.22. The highest BCUT2D eigenvalue weighted by Gasteiger charge is 2.15. The van der Waals surface area contributed by atoms with Crippen LogP contribution in [0, 0.1) is 0 Å². The molecule has 0 fully saturated rings. The van der Waals surface area contributed by atoms with Crippen molar-refractivity contribution < 1.29 is 5.11 Å². The molecule has 0 aliphatic rings. The van der Waals surface area contributed by atoms with Gasteiger partial charge in [-0.15, -0.1) is 0 Å². The Hall–Kier alpha value is -5.39. The summed E-state index contributed by atoms with van der Waals surface area (Å²) in [6, 6.07) is 47.6. The molecule has 204 valence electrons. The fraction of sp³-hybridized carbons (Fsp3) is 0. The third kappa shape index (κ3) is 4.51. The second-order valence-corrected chi connectivity index (χ2v) is 11.5. The molecular formula is C38H25N3OS. The quantitative estimate of drug-likeness (QED) is 0.223. The number of para-hydroxylation sites is 1. The van der Waals surface area contributed by atoms with Crippen LogP contribution in [0.25, 0.3) is 60.8 Å². The third-order valence-electron chi connectivity index (χ3n) is 7.84. The van der Waals surface area contributed by atoms with E-state index < -0.39 is 0 Å². The van der Waals surface area contributed by atoms with Crippen LogP contribution in [-0.2, 0) is 0 Å². The zero-order chi connectivity index (χ0) is 28.8. The molecule has 8 aromatic rings. The number of hydrogen-bond donors (Lipinski definition) is 1. The van der Waals surface area contributed by atoms with E-state index in [9.17, 15) is 5.11 Å². The Morgan fingerprint density at radius 2 is 1.28 bits per heavy atom. The van der Waals surface area contributed by atoms with Crippen molar-refractivity contribution in [2.24, 2.45) is 0 Å². The van der Waals surface area contributed by atoms with E-state index in [1.165, 1.54) is 10.8 Å². The molecule has 8 rings (SSSR count). The van der Waals surface area contributed by atoms with Gasteiger partial charge >= 0.3 is 0 Å². The van der Waals surface area contributed by atoms with E-state index >= 15 is 0 Å². The molecule has 3 heterocycles. The summed E-state index contributed by atoms with van der Waals surface area (Å²) in [4.78, 5) is 10.8. The number of hydrogen-bond acceptors (Lipinski definition) is 4. The smallest absolute Gasteiger partial charge is 0.141 e. The van der Waals surface area contributed by atoms with Gasteiger partial charge in [0.1, 0.15) is 22.1 Å². The Balaban J connectivity index is 1.23. The topological polar surface area (TPSA) is 50.9 Å². The highest BCUT2D eigenvalue weighted by Crippen LogP contribution is 2.38. The van der Waals surface area contributed by atoms with Gasteiger partial charge in [0.05, 0.1) is 11.0 Å². The number of phenolic OH excluding ortho intramolecular Hbond substituents is 1. The highest BCUT2D eigenvalue weighted by molar-refractivity contribution is 7.99. The molecule has 5 aromatic carbocycles. The second-order valence-electron chi connectivity index (χ2n) is 10.4. The fourth-order valence-electron chi connectivity index (χ4n) is 5.84. The molecular weight excluding hydrogens is 547 g/mol. The predicted molar refractivity (Wildman–Crippen MR) is 177 cm³/mol. The van der Waals surface area contributed by atoms with Crippen LogP contribution in [0.15, 0.2) is 156 Å². The summed E-state index contributed by atoms with van der Waals surface area (Å²) < 4.78 is 2.24. The minimum atomic E-state index is 0.178. The molecule has 0 unspecified atom stereocenters. The molecule has 0 saturated heterocycles. The lowest BCUT2D eigenvalue weighted by Crippen LogP contribution is -1.97. The normalized spacial score (nSPS) is 11.4. The maximum absolute atomic E-state index is 10.7. The molecule has 0 amide bonds. The molecule has 0 atom stereocenters. The monoisotopic (exact) mass is 571 g/mol. The van der Waals surface area contributed by atoms with Gasteiger partial charge in [-0.2, -0.15) is 0 Å². The average Bonchev–Trinajstić information content (AvgIpc) is 3.39. The van der Waals surface area contributed by atoms with Gasteiger partial charge in [0.2, 0.25) is 0 Å². The maximum atomic E-state index is 10.7. The van der Waals surface area contributed by atoms with E-state index in [1.54, 1.807) is 17.8 Å². The largest absolute Gasteiger partial charge is 0.506 e. The van der Waals surface area contributed by atoms with E-state index in [-0.39, 0.29) is 5.75 Å². The van der Waals surface area contributed by atoms with Crippen LogP contribution >= 0.6 is 11.8 Å². The van der Waals surface area contributed by atoms with Gasteiger partial charge in [0.15, 0.2) is 0 Å². The first kappa shape index (κ1) is 25.3. The van der Waals surface area contributed by atoms with Gasteiger partial charge < -0.3 is 5.11 Å². The minimum absolute atomic E-state index is 0.178. The zero-order valence-electron chi connectivity index (χ0n) is 23.1. The molecule has 0 aliphatic heterocycles. The summed E-state index contributed by atoms with van der Waals surface area (Å²) in [5.74, 6) is 1.05. The van der Waals surface area contributed by atoms with Crippen molar-refractivity contribution in [3.8, 4) is 33.8 Å². The lowest BCUT2D eigenvalue weighted by Gasteiger charge is -2.11. The molecule has 43 heavy (non-hydrogen) atoms. The molecule has 0 spiro atoms. The lowest BCUT2D eigenvalue weighted by molar-refractivity contribution is 0.480. The Morgan fingerprint density at radius 1 is 0.558 bits per heavy atom. The summed E-state index contributed by atoms with van der Waals surface area (Å²) in [6.45, 7) is 0. The summed E-state index contributed by atoms with van der Waals surface area (Å²) in [7, 11) is 0. The van der Waals surface area contributed by atoms with Crippen molar-refractivity contribution in [2.75, 3.05) is 0 Å². The highest BCUT2D eigenvalue weighted by atomic mass is 32.2. The van der Waals surface area contributed by atoms with E-state index in [4.69, 9.17) is 9.97 Å². The summed E-state index contributed by atoms with van der Waals surface area (Å²) in [6.07, 6.45) is 1.88. The van der Waals surface area contributed by atoms with E-state index in [1.807, 2.05) is 42.6 Å². The number of benzene rings is 5. The van der Waals surface area contributed by atoms with Gasteiger partial charge in [-0.1, -0.05) is 96.7 Å². The number of aromatic hydroxyl groups is 1. The minimum Gasteiger partial charge on any atom is -0.506 e. The van der Waals surface area contributed by atoms with Gasteiger partial charge in [-0.3, -0.25) is 4.57 Å². The van der Waals surface area contributed by atoms with E-state index in [0.29, 0.717) is 5.52 Å². The molecule has 5 heteroatoms. The number of phenols is 1. The SMILES string of the molecule is Oc1ccc(-c2ccccc2)c2ccc(Sc3ccc4c5ccccc5n(-c5cc(-c6ccccc6)ccn5)c4c3)nc12. The number of nitrogens with zero attached hydrogens (tertiary/aromatic N) is 3. The van der Waals surface area contributed by atoms with Crippen molar-refractivity contribution in [3.05, 3.63) is 146 Å². The fourth-order valence-corrected chi connectivity index (χ4v) is 6.66. The summed E-state index contributed by atoms with van der Waals surface area (Å²) >= 11 is 1.59. The van der Waals surface area contributed by atoms with Crippen molar-refractivity contribution >= 4 is 44.5 Å².